The number of aromatic amines is 1. The van der Waals surface area contributed by atoms with E-state index in [0.717, 1.165) is 26.8 Å². The number of H-pyrrole nitrogens is 1. The van der Waals surface area contributed by atoms with Gasteiger partial charge in [-0.2, -0.15) is 4.68 Å². The van der Waals surface area contributed by atoms with Crippen LogP contribution in [-0.2, 0) is 11.8 Å². The number of nitrogens with one attached hydrogen (secondary N) is 1. The Labute approximate surface area is 170 Å². The van der Waals surface area contributed by atoms with Crippen LogP contribution in [0.5, 0.6) is 5.75 Å². The maximum atomic E-state index is 13.0. The number of phenolic OH excluding ortho intramolecular Hbond substituents is 1. The Morgan fingerprint density at radius 2 is 1.55 bits per heavy atom. The van der Waals surface area contributed by atoms with Crippen LogP contribution < -0.4 is 11.4 Å². The molecule has 0 aliphatic rings. The summed E-state index contributed by atoms with van der Waals surface area (Å²) in [6, 6.07) is 12.5. The number of benzene rings is 2. The topological polar surface area (TPSA) is 80.0 Å². The van der Waals surface area contributed by atoms with Crippen molar-refractivity contribution in [3.05, 3.63) is 74.6 Å². The number of phenols is 1. The highest BCUT2D eigenvalue weighted by atomic mass is 16.3. The zero-order chi connectivity index (χ0) is 21.6. The molecule has 6 nitrogen and oxygen atoms in total. The zero-order valence-electron chi connectivity index (χ0n) is 17.9. The van der Waals surface area contributed by atoms with Gasteiger partial charge in [0.15, 0.2) is 0 Å². The summed E-state index contributed by atoms with van der Waals surface area (Å²) in [6.45, 7) is 12.6. The number of rotatable bonds is 3. The van der Waals surface area contributed by atoms with Crippen LogP contribution in [0.2, 0.25) is 0 Å². The van der Waals surface area contributed by atoms with Gasteiger partial charge >= 0.3 is 11.4 Å². The third-order valence-electron chi connectivity index (χ3n) is 4.80. The number of nitrogens with zero attached hydrogens (tertiary/aromatic N) is 2. The molecule has 0 unspecified atom stereocenters. The maximum Gasteiger partial charge on any atom is 0.356 e. The summed E-state index contributed by atoms with van der Waals surface area (Å²) in [5.41, 5.74) is 1.69. The van der Waals surface area contributed by atoms with E-state index in [9.17, 15) is 14.7 Å². The largest absolute Gasteiger partial charge is 0.506 e. The first-order valence-electron chi connectivity index (χ1n) is 9.74. The average molecular weight is 396 g/mol. The quantitative estimate of drug-likeness (QED) is 0.706. The molecular weight excluding hydrogens is 366 g/mol. The monoisotopic (exact) mass is 395 g/mol. The molecule has 1 aromatic heterocycles. The Kier molecular flexibility index (Phi) is 5.07. The lowest BCUT2D eigenvalue weighted by Gasteiger charge is -2.20. The van der Waals surface area contributed by atoms with E-state index in [0.29, 0.717) is 5.69 Å². The van der Waals surface area contributed by atoms with Gasteiger partial charge in [-0.1, -0.05) is 59.7 Å². The predicted molar refractivity (Wildman–Crippen MR) is 116 cm³/mol. The first-order valence-corrected chi connectivity index (χ1v) is 9.74. The van der Waals surface area contributed by atoms with Gasteiger partial charge in [0.1, 0.15) is 11.4 Å². The van der Waals surface area contributed by atoms with E-state index in [1.165, 1.54) is 0 Å². The van der Waals surface area contributed by atoms with E-state index in [-0.39, 0.29) is 22.3 Å². The molecule has 3 aromatic rings. The molecule has 2 aromatic carbocycles. The number of aromatic hydroxyl groups is 1. The maximum absolute atomic E-state index is 13.0. The molecule has 0 aliphatic carbocycles. The van der Waals surface area contributed by atoms with Gasteiger partial charge in [-0.25, -0.2) is 19.3 Å². The molecule has 0 spiro atoms. The highest BCUT2D eigenvalue weighted by Crippen LogP contribution is 2.28. The molecular formula is C23H29N3O3. The second-order valence-corrected chi connectivity index (χ2v) is 9.73. The molecule has 2 N–H and O–H groups in total. The standard InChI is InChI=1S/C23H29N3O3/c1-22(2,3)14-15-7-10-17(11-8-15)25-20(28)24-26(21(25)29)18-13-16(23(4,5)6)9-12-19(18)27/h7-13,27H,14H2,1-6H3,(H,24,28). The van der Waals surface area contributed by atoms with Crippen molar-refractivity contribution in [1.82, 2.24) is 14.3 Å². The average Bonchev–Trinajstić information content (AvgIpc) is 2.88. The Morgan fingerprint density at radius 1 is 0.931 bits per heavy atom. The minimum absolute atomic E-state index is 0.0750. The van der Waals surface area contributed by atoms with Crippen molar-refractivity contribution in [1.29, 1.82) is 0 Å². The van der Waals surface area contributed by atoms with Crippen LogP contribution in [0.3, 0.4) is 0 Å². The third kappa shape index (κ3) is 4.36. The Hall–Kier alpha value is -3.02. The lowest BCUT2D eigenvalue weighted by Crippen LogP contribution is -2.27. The van der Waals surface area contributed by atoms with Crippen LogP contribution in [0.25, 0.3) is 11.4 Å². The van der Waals surface area contributed by atoms with Gasteiger partial charge in [-0.15, -0.1) is 0 Å². The van der Waals surface area contributed by atoms with Gasteiger partial charge in [0.2, 0.25) is 0 Å². The van der Waals surface area contributed by atoms with E-state index >= 15 is 0 Å². The highest BCUT2D eigenvalue weighted by Gasteiger charge is 2.19. The SMILES string of the molecule is CC(C)(C)Cc1ccc(-n2c(=O)[nH]n(-c3cc(C(C)(C)C)ccc3O)c2=O)cc1. The predicted octanol–water partition coefficient (Wildman–Crippen LogP) is 3.91. The second-order valence-electron chi connectivity index (χ2n) is 9.73. The van der Waals surface area contributed by atoms with Crippen LogP contribution in [0.1, 0.15) is 52.7 Å². The van der Waals surface area contributed by atoms with Crippen molar-refractivity contribution in [2.24, 2.45) is 5.41 Å². The summed E-state index contributed by atoms with van der Waals surface area (Å²) in [6.07, 6.45) is 0.896. The van der Waals surface area contributed by atoms with Crippen molar-refractivity contribution in [2.45, 2.75) is 53.4 Å². The summed E-state index contributed by atoms with van der Waals surface area (Å²) < 4.78 is 2.17. The molecule has 0 fully saturated rings. The van der Waals surface area contributed by atoms with Crippen LogP contribution in [0.4, 0.5) is 0 Å². The molecule has 154 valence electrons. The van der Waals surface area contributed by atoms with Gasteiger partial charge in [-0.3, -0.25) is 0 Å². The van der Waals surface area contributed by atoms with Gasteiger partial charge in [0.25, 0.3) is 0 Å². The highest BCUT2D eigenvalue weighted by molar-refractivity contribution is 5.49. The first kappa shape index (κ1) is 20.7. The number of hydrogen-bond donors (Lipinski definition) is 2. The lowest BCUT2D eigenvalue weighted by atomic mass is 9.87. The summed E-state index contributed by atoms with van der Waals surface area (Å²) in [4.78, 5) is 25.5. The van der Waals surface area contributed by atoms with Crippen molar-refractivity contribution in [2.75, 3.05) is 0 Å². The molecule has 29 heavy (non-hydrogen) atoms. The van der Waals surface area contributed by atoms with E-state index in [2.05, 4.69) is 25.9 Å². The number of aromatic nitrogens is 3. The molecule has 0 atom stereocenters. The molecule has 0 saturated carbocycles. The molecule has 0 amide bonds. The van der Waals surface area contributed by atoms with Crippen LogP contribution in [0.15, 0.2) is 52.1 Å². The third-order valence-corrected chi connectivity index (χ3v) is 4.80. The van der Waals surface area contributed by atoms with E-state index < -0.39 is 11.4 Å². The lowest BCUT2D eigenvalue weighted by molar-refractivity contribution is 0.411. The Morgan fingerprint density at radius 3 is 2.10 bits per heavy atom. The van der Waals surface area contributed by atoms with E-state index in [1.54, 1.807) is 24.3 Å². The number of hydrogen-bond acceptors (Lipinski definition) is 3. The van der Waals surface area contributed by atoms with Crippen molar-refractivity contribution in [3.63, 3.8) is 0 Å². The molecule has 0 saturated heterocycles. The minimum atomic E-state index is -0.556. The molecule has 0 radical (unpaired) electrons. The zero-order valence-corrected chi connectivity index (χ0v) is 17.9. The fourth-order valence-corrected chi connectivity index (χ4v) is 3.32. The molecule has 1 heterocycles. The van der Waals surface area contributed by atoms with Crippen molar-refractivity contribution in [3.8, 4) is 17.1 Å². The van der Waals surface area contributed by atoms with Gasteiger partial charge in [0.05, 0.1) is 5.69 Å². The fraction of sp³-hybridized carbons (Fsp3) is 0.391. The summed E-state index contributed by atoms with van der Waals surface area (Å²) in [5, 5.41) is 12.9. The minimum Gasteiger partial charge on any atom is -0.506 e. The van der Waals surface area contributed by atoms with Crippen LogP contribution in [0, 0.1) is 5.41 Å². The summed E-state index contributed by atoms with van der Waals surface area (Å²) in [5.74, 6) is -0.0750. The molecule has 3 rings (SSSR count). The summed E-state index contributed by atoms with van der Waals surface area (Å²) >= 11 is 0. The first-order chi connectivity index (χ1) is 13.4. The normalized spacial score (nSPS) is 12.3. The van der Waals surface area contributed by atoms with Crippen LogP contribution in [-0.4, -0.2) is 19.5 Å². The van der Waals surface area contributed by atoms with Crippen LogP contribution >= 0.6 is 0 Å². The smallest absolute Gasteiger partial charge is 0.356 e. The Balaban J connectivity index is 2.07. The van der Waals surface area contributed by atoms with Crippen molar-refractivity contribution >= 4 is 0 Å². The summed E-state index contributed by atoms with van der Waals surface area (Å²) in [7, 11) is 0. The van der Waals surface area contributed by atoms with Gasteiger partial charge in [0, 0.05) is 0 Å². The van der Waals surface area contributed by atoms with E-state index in [4.69, 9.17) is 0 Å². The molecule has 6 heteroatoms. The van der Waals surface area contributed by atoms with Gasteiger partial charge in [-0.05, 0) is 52.6 Å². The fourth-order valence-electron chi connectivity index (χ4n) is 3.32. The molecule has 0 aliphatic heterocycles. The van der Waals surface area contributed by atoms with Gasteiger partial charge < -0.3 is 5.11 Å². The molecule has 0 bridgehead atoms. The van der Waals surface area contributed by atoms with E-state index in [1.807, 2.05) is 39.0 Å². The Bertz CT molecular complexity index is 1130. The second kappa shape index (κ2) is 7.10. The van der Waals surface area contributed by atoms with Crippen molar-refractivity contribution < 1.29 is 5.11 Å².